The Morgan fingerprint density at radius 1 is 1.41 bits per heavy atom. The number of hydrogen-bond donors (Lipinski definition) is 1. The lowest BCUT2D eigenvalue weighted by Crippen LogP contribution is -2.06. The molecule has 1 aromatic carbocycles. The van der Waals surface area contributed by atoms with Crippen LogP contribution in [0.5, 0.6) is 0 Å². The number of halogens is 1. The van der Waals surface area contributed by atoms with Crippen LogP contribution in [0.4, 0.5) is 0 Å². The van der Waals surface area contributed by atoms with Gasteiger partial charge in [-0.25, -0.2) is 4.79 Å². The van der Waals surface area contributed by atoms with Crippen molar-refractivity contribution in [2.75, 3.05) is 0 Å². The van der Waals surface area contributed by atoms with E-state index in [-0.39, 0.29) is 5.69 Å². The maximum atomic E-state index is 10.9. The van der Waals surface area contributed by atoms with Gasteiger partial charge in [-0.2, -0.15) is 0 Å². The van der Waals surface area contributed by atoms with Crippen LogP contribution < -0.4 is 0 Å². The van der Waals surface area contributed by atoms with Crippen molar-refractivity contribution in [3.63, 3.8) is 0 Å². The summed E-state index contributed by atoms with van der Waals surface area (Å²) in [5.74, 6) is -1.07. The van der Waals surface area contributed by atoms with E-state index in [1.54, 1.807) is 19.2 Å². The standard InChI is InChI=1S/C11H10ClN3O2/c1-15-9(10(11(16)17)13-14-15)6-7-2-4-8(12)5-3-7/h2-5H,6H2,1H3,(H,16,17). The molecular formula is C11H10ClN3O2. The first kappa shape index (κ1) is 11.6. The van der Waals surface area contributed by atoms with Crippen molar-refractivity contribution < 1.29 is 9.90 Å². The van der Waals surface area contributed by atoms with E-state index < -0.39 is 5.97 Å². The summed E-state index contributed by atoms with van der Waals surface area (Å²) >= 11 is 5.78. The van der Waals surface area contributed by atoms with Gasteiger partial charge in [0.2, 0.25) is 0 Å². The summed E-state index contributed by atoms with van der Waals surface area (Å²) in [7, 11) is 1.67. The number of aromatic nitrogens is 3. The average molecular weight is 252 g/mol. The van der Waals surface area contributed by atoms with Crippen molar-refractivity contribution in [1.82, 2.24) is 15.0 Å². The van der Waals surface area contributed by atoms with Crippen molar-refractivity contribution in [1.29, 1.82) is 0 Å². The molecule has 5 nitrogen and oxygen atoms in total. The largest absolute Gasteiger partial charge is 0.476 e. The third-order valence-electron chi connectivity index (χ3n) is 2.43. The predicted octanol–water partition coefficient (Wildman–Crippen LogP) is 1.76. The Kier molecular flexibility index (Phi) is 3.10. The van der Waals surface area contributed by atoms with Gasteiger partial charge >= 0.3 is 5.97 Å². The molecule has 0 unspecified atom stereocenters. The number of aryl methyl sites for hydroxylation is 1. The van der Waals surface area contributed by atoms with Crippen LogP contribution in [0.25, 0.3) is 0 Å². The summed E-state index contributed by atoms with van der Waals surface area (Å²) in [6, 6.07) is 7.23. The summed E-state index contributed by atoms with van der Waals surface area (Å²) in [5.41, 5.74) is 1.52. The van der Waals surface area contributed by atoms with E-state index in [0.717, 1.165) is 5.56 Å². The third kappa shape index (κ3) is 2.45. The number of carboxylic acids is 1. The predicted molar refractivity (Wildman–Crippen MR) is 62.2 cm³/mol. The topological polar surface area (TPSA) is 68.0 Å². The fourth-order valence-electron chi connectivity index (χ4n) is 1.54. The molecule has 0 amide bonds. The number of hydrogen-bond acceptors (Lipinski definition) is 3. The SMILES string of the molecule is Cn1nnc(C(=O)O)c1Cc1ccc(Cl)cc1. The van der Waals surface area contributed by atoms with E-state index >= 15 is 0 Å². The number of rotatable bonds is 3. The molecule has 0 radical (unpaired) electrons. The lowest BCUT2D eigenvalue weighted by molar-refractivity contribution is 0.0689. The van der Waals surface area contributed by atoms with Crippen LogP contribution in [0.1, 0.15) is 21.7 Å². The maximum absolute atomic E-state index is 10.9. The van der Waals surface area contributed by atoms with Gasteiger partial charge in [-0.15, -0.1) is 5.10 Å². The van der Waals surface area contributed by atoms with E-state index in [2.05, 4.69) is 10.3 Å². The Labute approximate surface area is 103 Å². The molecule has 0 saturated heterocycles. The van der Waals surface area contributed by atoms with E-state index in [4.69, 9.17) is 16.7 Å². The van der Waals surface area contributed by atoms with Gasteiger partial charge in [-0.3, -0.25) is 4.68 Å². The molecule has 2 rings (SSSR count). The number of aromatic carboxylic acids is 1. The van der Waals surface area contributed by atoms with Gasteiger partial charge in [0.05, 0.1) is 5.69 Å². The first-order valence-corrected chi connectivity index (χ1v) is 5.32. The highest BCUT2D eigenvalue weighted by Gasteiger charge is 2.17. The molecule has 0 atom stereocenters. The first-order chi connectivity index (χ1) is 8.08. The van der Waals surface area contributed by atoms with E-state index in [9.17, 15) is 4.79 Å². The van der Waals surface area contributed by atoms with Gasteiger partial charge < -0.3 is 5.11 Å². The minimum absolute atomic E-state index is 0.0116. The second kappa shape index (κ2) is 4.55. The van der Waals surface area contributed by atoms with Gasteiger partial charge in [-0.1, -0.05) is 28.9 Å². The molecule has 0 bridgehead atoms. The summed E-state index contributed by atoms with van der Waals surface area (Å²) in [6.45, 7) is 0. The Bertz CT molecular complexity index is 548. The van der Waals surface area contributed by atoms with Crippen LogP contribution >= 0.6 is 11.6 Å². The Hall–Kier alpha value is -1.88. The van der Waals surface area contributed by atoms with Gasteiger partial charge in [0.25, 0.3) is 0 Å². The van der Waals surface area contributed by atoms with Crippen LogP contribution in [0.15, 0.2) is 24.3 Å². The lowest BCUT2D eigenvalue weighted by atomic mass is 10.1. The fourth-order valence-corrected chi connectivity index (χ4v) is 1.66. The highest BCUT2D eigenvalue weighted by Crippen LogP contribution is 2.15. The minimum atomic E-state index is -1.07. The molecule has 0 fully saturated rings. The summed E-state index contributed by atoms with van der Waals surface area (Å²) in [4.78, 5) is 10.9. The van der Waals surface area contributed by atoms with Crippen molar-refractivity contribution in [3.8, 4) is 0 Å². The molecule has 0 aliphatic carbocycles. The molecule has 6 heteroatoms. The molecule has 1 heterocycles. The highest BCUT2D eigenvalue weighted by atomic mass is 35.5. The monoisotopic (exact) mass is 251 g/mol. The van der Waals surface area contributed by atoms with Gasteiger partial charge in [0.1, 0.15) is 0 Å². The van der Waals surface area contributed by atoms with Crippen LogP contribution in [-0.2, 0) is 13.5 Å². The molecule has 17 heavy (non-hydrogen) atoms. The van der Waals surface area contributed by atoms with E-state index in [1.807, 2.05) is 12.1 Å². The fraction of sp³-hybridized carbons (Fsp3) is 0.182. The maximum Gasteiger partial charge on any atom is 0.358 e. The van der Waals surface area contributed by atoms with Crippen LogP contribution in [0.2, 0.25) is 5.02 Å². The molecule has 0 spiro atoms. The Balaban J connectivity index is 2.32. The molecule has 0 aliphatic rings. The van der Waals surface area contributed by atoms with Gasteiger partial charge in [0.15, 0.2) is 5.69 Å². The summed E-state index contributed by atoms with van der Waals surface area (Å²) in [6.07, 6.45) is 0.461. The molecule has 0 aliphatic heterocycles. The molecular weight excluding hydrogens is 242 g/mol. The quantitative estimate of drug-likeness (QED) is 0.903. The molecule has 1 aromatic heterocycles. The average Bonchev–Trinajstić information content (AvgIpc) is 2.64. The second-order valence-electron chi connectivity index (χ2n) is 3.62. The normalized spacial score (nSPS) is 10.5. The van der Waals surface area contributed by atoms with Crippen molar-refractivity contribution in [2.24, 2.45) is 7.05 Å². The molecule has 0 saturated carbocycles. The van der Waals surface area contributed by atoms with E-state index in [1.165, 1.54) is 4.68 Å². The zero-order valence-corrected chi connectivity index (χ0v) is 9.85. The van der Waals surface area contributed by atoms with Crippen molar-refractivity contribution in [2.45, 2.75) is 6.42 Å². The highest BCUT2D eigenvalue weighted by molar-refractivity contribution is 6.30. The van der Waals surface area contributed by atoms with Crippen LogP contribution in [-0.4, -0.2) is 26.1 Å². The van der Waals surface area contributed by atoms with Gasteiger partial charge in [0, 0.05) is 18.5 Å². The smallest absolute Gasteiger partial charge is 0.358 e. The number of nitrogens with zero attached hydrogens (tertiary/aromatic N) is 3. The van der Waals surface area contributed by atoms with Crippen LogP contribution in [0, 0.1) is 0 Å². The van der Waals surface area contributed by atoms with Crippen LogP contribution in [0.3, 0.4) is 0 Å². The number of benzene rings is 1. The third-order valence-corrected chi connectivity index (χ3v) is 2.68. The summed E-state index contributed by atoms with van der Waals surface area (Å²) in [5, 5.41) is 16.9. The second-order valence-corrected chi connectivity index (χ2v) is 4.05. The number of carbonyl (C=O) groups is 1. The zero-order valence-electron chi connectivity index (χ0n) is 9.09. The first-order valence-electron chi connectivity index (χ1n) is 4.94. The van der Waals surface area contributed by atoms with Crippen molar-refractivity contribution in [3.05, 3.63) is 46.2 Å². The Morgan fingerprint density at radius 2 is 2.06 bits per heavy atom. The zero-order chi connectivity index (χ0) is 12.4. The summed E-state index contributed by atoms with van der Waals surface area (Å²) < 4.78 is 1.47. The van der Waals surface area contributed by atoms with Crippen molar-refractivity contribution >= 4 is 17.6 Å². The molecule has 1 N–H and O–H groups in total. The molecule has 88 valence electrons. The molecule has 2 aromatic rings. The van der Waals surface area contributed by atoms with E-state index in [0.29, 0.717) is 17.1 Å². The number of carboxylic acid groups (broad SMARTS) is 1. The minimum Gasteiger partial charge on any atom is -0.476 e. The lowest BCUT2D eigenvalue weighted by Gasteiger charge is -2.02. The Morgan fingerprint density at radius 3 is 2.65 bits per heavy atom. The van der Waals surface area contributed by atoms with Gasteiger partial charge in [-0.05, 0) is 17.7 Å².